The summed E-state index contributed by atoms with van der Waals surface area (Å²) in [6.07, 6.45) is -5.29. The Bertz CT molecular complexity index is 277. The highest BCUT2D eigenvalue weighted by atomic mass is 19.4. The Hall–Kier alpha value is -1.27. The fraction of sp³-hybridized carbons (Fsp3) is 0.750. The van der Waals surface area contributed by atoms with Gasteiger partial charge in [0.05, 0.1) is 12.5 Å². The van der Waals surface area contributed by atoms with Gasteiger partial charge in [-0.1, -0.05) is 0 Å². The number of halogens is 3. The molecule has 0 aromatic heterocycles. The standard InChI is InChI=1S/C8H10F3NO3/c1-2-15-7(14)6-4(8(9,10)11)3-5(13)12-6/h4,6H,2-3H2,1H3,(H,12,13)/t4-,6+/m1/s1. The summed E-state index contributed by atoms with van der Waals surface area (Å²) in [5.41, 5.74) is 0. The van der Waals surface area contributed by atoms with Crippen LogP contribution in [0.2, 0.25) is 0 Å². The molecule has 0 saturated carbocycles. The smallest absolute Gasteiger partial charge is 0.394 e. The Morgan fingerprint density at radius 1 is 1.60 bits per heavy atom. The van der Waals surface area contributed by atoms with Crippen LogP contribution in [0.1, 0.15) is 13.3 Å². The molecule has 1 saturated heterocycles. The minimum Gasteiger partial charge on any atom is -0.464 e. The maximum absolute atomic E-state index is 12.4. The summed E-state index contributed by atoms with van der Waals surface area (Å²) in [5, 5.41) is 1.96. The van der Waals surface area contributed by atoms with Gasteiger partial charge in [0.2, 0.25) is 5.91 Å². The zero-order valence-corrected chi connectivity index (χ0v) is 7.93. The summed E-state index contributed by atoms with van der Waals surface area (Å²) in [6.45, 7) is 1.47. The Morgan fingerprint density at radius 2 is 2.20 bits per heavy atom. The third-order valence-electron chi connectivity index (χ3n) is 2.09. The third kappa shape index (κ3) is 2.60. The summed E-state index contributed by atoms with van der Waals surface area (Å²) in [6, 6.07) is -1.60. The van der Waals surface area contributed by atoms with Crippen LogP contribution in [0, 0.1) is 5.92 Å². The van der Waals surface area contributed by atoms with E-state index >= 15 is 0 Å². The molecule has 1 N–H and O–H groups in total. The number of esters is 1. The van der Waals surface area contributed by atoms with Crippen LogP contribution in [0.5, 0.6) is 0 Å². The number of hydrogen-bond donors (Lipinski definition) is 1. The van der Waals surface area contributed by atoms with Crippen molar-refractivity contribution in [3.05, 3.63) is 0 Å². The lowest BCUT2D eigenvalue weighted by molar-refractivity contribution is -0.185. The van der Waals surface area contributed by atoms with Crippen molar-refractivity contribution >= 4 is 11.9 Å². The number of nitrogens with one attached hydrogen (secondary N) is 1. The van der Waals surface area contributed by atoms with Gasteiger partial charge in [-0.3, -0.25) is 4.79 Å². The predicted octanol–water partition coefficient (Wildman–Crippen LogP) is 0.616. The average molecular weight is 225 g/mol. The van der Waals surface area contributed by atoms with Gasteiger partial charge in [0, 0.05) is 6.42 Å². The minimum atomic E-state index is -4.57. The second-order valence-corrected chi connectivity index (χ2v) is 3.15. The number of carbonyl (C=O) groups excluding carboxylic acids is 2. The van der Waals surface area contributed by atoms with Crippen molar-refractivity contribution in [3.63, 3.8) is 0 Å². The molecule has 1 aliphatic rings. The largest absolute Gasteiger partial charge is 0.464 e. The molecule has 0 spiro atoms. The molecule has 15 heavy (non-hydrogen) atoms. The average Bonchev–Trinajstić information content (AvgIpc) is 2.47. The SMILES string of the molecule is CCOC(=O)[C@H]1NC(=O)C[C@H]1C(F)(F)F. The first-order chi connectivity index (χ1) is 6.86. The molecule has 0 bridgehead atoms. The van der Waals surface area contributed by atoms with Gasteiger partial charge < -0.3 is 10.1 Å². The maximum Gasteiger partial charge on any atom is 0.394 e. The molecule has 7 heteroatoms. The molecule has 1 heterocycles. The molecule has 4 nitrogen and oxygen atoms in total. The van der Waals surface area contributed by atoms with Gasteiger partial charge in [0.15, 0.2) is 0 Å². The van der Waals surface area contributed by atoms with Crippen molar-refractivity contribution < 1.29 is 27.5 Å². The summed E-state index contributed by atoms with van der Waals surface area (Å²) >= 11 is 0. The number of hydrogen-bond acceptors (Lipinski definition) is 3. The lowest BCUT2D eigenvalue weighted by Gasteiger charge is -2.19. The molecule has 1 amide bonds. The summed E-state index contributed by atoms with van der Waals surface area (Å²) in [5.74, 6) is -3.80. The number of ether oxygens (including phenoxy) is 1. The molecular weight excluding hydrogens is 215 g/mol. The minimum absolute atomic E-state index is 0.0181. The molecular formula is C8H10F3NO3. The molecule has 1 fully saturated rings. The van der Waals surface area contributed by atoms with Gasteiger partial charge in [-0.25, -0.2) is 4.79 Å². The van der Waals surface area contributed by atoms with E-state index in [0.29, 0.717) is 0 Å². The Labute approximate surface area is 83.8 Å². The number of amides is 1. The first-order valence-electron chi connectivity index (χ1n) is 4.39. The van der Waals surface area contributed by atoms with Gasteiger partial charge >= 0.3 is 12.1 Å². The highest BCUT2D eigenvalue weighted by Gasteiger charge is 2.53. The molecule has 0 radical (unpaired) electrons. The van der Waals surface area contributed by atoms with Crippen LogP contribution in [0.4, 0.5) is 13.2 Å². The Balaban J connectivity index is 2.77. The van der Waals surface area contributed by atoms with E-state index in [9.17, 15) is 22.8 Å². The second kappa shape index (κ2) is 4.08. The van der Waals surface area contributed by atoms with Gasteiger partial charge in [-0.05, 0) is 6.92 Å². The fourth-order valence-corrected chi connectivity index (χ4v) is 1.41. The lowest BCUT2D eigenvalue weighted by Crippen LogP contribution is -2.43. The Morgan fingerprint density at radius 3 is 2.67 bits per heavy atom. The Kier molecular flexibility index (Phi) is 3.21. The van der Waals surface area contributed by atoms with Crippen LogP contribution in [0.25, 0.3) is 0 Å². The monoisotopic (exact) mass is 225 g/mol. The zero-order valence-electron chi connectivity index (χ0n) is 7.93. The van der Waals surface area contributed by atoms with E-state index in [1.807, 2.05) is 5.32 Å². The van der Waals surface area contributed by atoms with Crippen LogP contribution < -0.4 is 5.32 Å². The van der Waals surface area contributed by atoms with E-state index in [0.717, 1.165) is 0 Å². The predicted molar refractivity (Wildman–Crippen MR) is 42.7 cm³/mol. The van der Waals surface area contributed by atoms with Crippen molar-refractivity contribution in [2.45, 2.75) is 25.6 Å². The number of rotatable bonds is 2. The molecule has 1 aliphatic heterocycles. The van der Waals surface area contributed by atoms with E-state index in [1.54, 1.807) is 0 Å². The topological polar surface area (TPSA) is 55.4 Å². The van der Waals surface area contributed by atoms with E-state index in [4.69, 9.17) is 0 Å². The molecule has 0 aliphatic carbocycles. The van der Waals surface area contributed by atoms with Gasteiger partial charge in [0.1, 0.15) is 6.04 Å². The van der Waals surface area contributed by atoms with Crippen molar-refractivity contribution in [1.82, 2.24) is 5.32 Å². The summed E-state index contributed by atoms with van der Waals surface area (Å²) < 4.78 is 41.6. The number of carbonyl (C=O) groups is 2. The fourth-order valence-electron chi connectivity index (χ4n) is 1.41. The van der Waals surface area contributed by atoms with Gasteiger partial charge in [-0.15, -0.1) is 0 Å². The zero-order chi connectivity index (χ0) is 11.6. The van der Waals surface area contributed by atoms with E-state index < -0.39 is 36.4 Å². The number of alkyl halides is 3. The normalized spacial score (nSPS) is 26.3. The van der Waals surface area contributed by atoms with Crippen molar-refractivity contribution in [3.8, 4) is 0 Å². The molecule has 1 rings (SSSR count). The lowest BCUT2D eigenvalue weighted by atomic mass is 10.0. The highest BCUT2D eigenvalue weighted by molar-refractivity contribution is 5.89. The quantitative estimate of drug-likeness (QED) is 0.701. The molecule has 0 aromatic rings. The van der Waals surface area contributed by atoms with Gasteiger partial charge in [-0.2, -0.15) is 13.2 Å². The summed E-state index contributed by atoms with van der Waals surface area (Å²) in [7, 11) is 0. The van der Waals surface area contributed by atoms with Crippen LogP contribution in [0.3, 0.4) is 0 Å². The van der Waals surface area contributed by atoms with Crippen molar-refractivity contribution in [2.75, 3.05) is 6.61 Å². The van der Waals surface area contributed by atoms with Crippen LogP contribution in [-0.2, 0) is 14.3 Å². The van der Waals surface area contributed by atoms with E-state index in [1.165, 1.54) is 6.92 Å². The molecule has 2 atom stereocenters. The van der Waals surface area contributed by atoms with Crippen molar-refractivity contribution in [1.29, 1.82) is 0 Å². The van der Waals surface area contributed by atoms with Crippen LogP contribution >= 0.6 is 0 Å². The second-order valence-electron chi connectivity index (χ2n) is 3.15. The summed E-state index contributed by atoms with van der Waals surface area (Å²) in [4.78, 5) is 21.9. The highest BCUT2D eigenvalue weighted by Crippen LogP contribution is 2.35. The van der Waals surface area contributed by atoms with E-state index in [2.05, 4.69) is 4.74 Å². The molecule has 0 aromatic carbocycles. The van der Waals surface area contributed by atoms with Crippen LogP contribution in [-0.4, -0.2) is 30.7 Å². The van der Waals surface area contributed by atoms with Crippen LogP contribution in [0.15, 0.2) is 0 Å². The molecule has 86 valence electrons. The third-order valence-corrected chi connectivity index (χ3v) is 2.09. The first-order valence-corrected chi connectivity index (χ1v) is 4.39. The first kappa shape index (κ1) is 11.8. The maximum atomic E-state index is 12.4. The molecule has 0 unspecified atom stereocenters. The van der Waals surface area contributed by atoms with Crippen molar-refractivity contribution in [2.24, 2.45) is 5.92 Å². The van der Waals surface area contributed by atoms with E-state index in [-0.39, 0.29) is 6.61 Å². The van der Waals surface area contributed by atoms with Gasteiger partial charge in [0.25, 0.3) is 0 Å².